The molecule has 0 unspecified atom stereocenters. The van der Waals surface area contributed by atoms with Crippen LogP contribution in [-0.2, 0) is 12.7 Å². The van der Waals surface area contributed by atoms with Gasteiger partial charge in [-0.3, -0.25) is 0 Å². The van der Waals surface area contributed by atoms with Gasteiger partial charge in [0.15, 0.2) is 5.69 Å². The summed E-state index contributed by atoms with van der Waals surface area (Å²) in [6.07, 6.45) is -4.71. The Hall–Kier alpha value is -1.82. The molecule has 0 amide bonds. The molecule has 0 saturated heterocycles. The van der Waals surface area contributed by atoms with E-state index < -0.39 is 37.4 Å². The summed E-state index contributed by atoms with van der Waals surface area (Å²) in [6.45, 7) is -6.77. The number of hydrogen-bond acceptors (Lipinski definition) is 2. The van der Waals surface area contributed by atoms with Crippen molar-refractivity contribution in [1.82, 2.24) is 9.55 Å². The predicted molar refractivity (Wildman–Crippen MR) is 70.9 cm³/mol. The van der Waals surface area contributed by atoms with E-state index >= 15 is 0 Å². The molecule has 0 saturated carbocycles. The van der Waals surface area contributed by atoms with E-state index in [-0.39, 0.29) is 22.9 Å². The highest BCUT2D eigenvalue weighted by molar-refractivity contribution is 5.57. The van der Waals surface area contributed by atoms with Gasteiger partial charge in [0.05, 0.1) is 1.37 Å². The first-order chi connectivity index (χ1) is 12.1. The Bertz CT molecular complexity index is 793. The number of hydrogen-bond donors (Lipinski definition) is 1. The van der Waals surface area contributed by atoms with E-state index in [4.69, 9.17) is 15.3 Å². The van der Waals surface area contributed by atoms with Gasteiger partial charge in [-0.15, -0.1) is 0 Å². The van der Waals surface area contributed by atoms with E-state index in [9.17, 15) is 13.2 Å². The third kappa shape index (κ3) is 2.85. The first kappa shape index (κ1) is 7.83. The molecular weight excluding hydrogens is 267 g/mol. The number of benzene rings is 1. The fourth-order valence-electron chi connectivity index (χ4n) is 1.68. The molecule has 2 N–H and O–H groups in total. The summed E-state index contributed by atoms with van der Waals surface area (Å²) in [5, 5.41) is 0. The van der Waals surface area contributed by atoms with Gasteiger partial charge in [-0.1, -0.05) is 24.3 Å². The predicted octanol–water partition coefficient (Wildman–Crippen LogP) is 3.61. The number of alkyl halides is 3. The summed E-state index contributed by atoms with van der Waals surface area (Å²) < 4.78 is 92.9. The minimum Gasteiger partial charge on any atom is -0.328 e. The van der Waals surface area contributed by atoms with Crippen LogP contribution in [0, 0.1) is 0 Å². The van der Waals surface area contributed by atoms with Crippen molar-refractivity contribution in [2.75, 3.05) is 0 Å². The number of imidazole rings is 1. The van der Waals surface area contributed by atoms with E-state index in [0.717, 1.165) is 0 Å². The van der Waals surface area contributed by atoms with Crippen molar-refractivity contribution < 1.29 is 22.8 Å². The Labute approximate surface area is 125 Å². The number of aromatic nitrogens is 2. The average molecular weight is 290 g/mol. The number of halogens is 3. The Morgan fingerprint density at radius 2 is 2.00 bits per heavy atom. The summed E-state index contributed by atoms with van der Waals surface area (Å²) >= 11 is 0. The van der Waals surface area contributed by atoms with Crippen molar-refractivity contribution in [3.63, 3.8) is 0 Å². The number of nitrogens with zero attached hydrogens (tertiary/aromatic N) is 2. The van der Waals surface area contributed by atoms with Crippen molar-refractivity contribution in [3.05, 3.63) is 41.7 Å². The molecule has 0 aliphatic heterocycles. The lowest BCUT2D eigenvalue weighted by Gasteiger charge is -2.11. The molecule has 0 aliphatic rings. The van der Waals surface area contributed by atoms with Gasteiger partial charge in [-0.25, -0.2) is 4.98 Å². The van der Waals surface area contributed by atoms with Gasteiger partial charge in [-0.05, 0) is 19.3 Å². The summed E-state index contributed by atoms with van der Waals surface area (Å²) in [4.78, 5) is 3.39. The monoisotopic (exact) mass is 290 g/mol. The summed E-state index contributed by atoms with van der Waals surface area (Å²) in [6, 6.07) is 2.26. The lowest BCUT2D eigenvalue weighted by Crippen LogP contribution is -2.05. The van der Waals surface area contributed by atoms with E-state index in [1.54, 1.807) is 0 Å². The van der Waals surface area contributed by atoms with Crippen LogP contribution in [0.15, 0.2) is 30.5 Å². The largest absolute Gasteiger partial charge is 0.434 e. The van der Waals surface area contributed by atoms with Crippen LogP contribution in [0.25, 0.3) is 11.4 Å². The fraction of sp³-hybridized carbons (Fsp3) is 0.357. The van der Waals surface area contributed by atoms with Crippen molar-refractivity contribution in [3.8, 4) is 11.4 Å². The highest BCUT2D eigenvalue weighted by atomic mass is 19.4. The molecule has 0 spiro atoms. The average Bonchev–Trinajstić information content (AvgIpc) is 2.97. The maximum Gasteiger partial charge on any atom is 0.434 e. The van der Waals surface area contributed by atoms with Crippen molar-refractivity contribution >= 4 is 0 Å². The van der Waals surface area contributed by atoms with Crippen molar-refractivity contribution in [2.45, 2.75) is 32.4 Å². The number of nitrogens with two attached hydrogens (primary N) is 1. The molecule has 0 radical (unpaired) electrons. The van der Waals surface area contributed by atoms with Crippen LogP contribution in [0.1, 0.15) is 40.6 Å². The van der Waals surface area contributed by atoms with Gasteiger partial charge in [0.1, 0.15) is 5.82 Å². The Kier molecular flexibility index (Phi) is 2.07. The first-order valence-corrected chi connectivity index (χ1v) is 5.59. The van der Waals surface area contributed by atoms with Gasteiger partial charge < -0.3 is 10.3 Å². The zero-order valence-corrected chi connectivity index (χ0v) is 10.2. The highest BCUT2D eigenvalue weighted by Crippen LogP contribution is 2.32. The highest BCUT2D eigenvalue weighted by Gasteiger charge is 2.35. The van der Waals surface area contributed by atoms with Crippen LogP contribution < -0.4 is 5.73 Å². The number of rotatable bonds is 3. The molecule has 2 aromatic rings. The smallest absolute Gasteiger partial charge is 0.328 e. The van der Waals surface area contributed by atoms with Crippen LogP contribution in [0.4, 0.5) is 13.2 Å². The van der Waals surface area contributed by atoms with Crippen LogP contribution in [-0.4, -0.2) is 9.55 Å². The van der Waals surface area contributed by atoms with Crippen molar-refractivity contribution in [2.24, 2.45) is 5.73 Å². The lowest BCUT2D eigenvalue weighted by molar-refractivity contribution is -0.140. The molecule has 108 valence electrons. The van der Waals surface area contributed by atoms with Gasteiger partial charge >= 0.3 is 6.18 Å². The quantitative estimate of drug-likeness (QED) is 0.938. The molecule has 0 bridgehead atoms. The molecule has 0 aliphatic carbocycles. The van der Waals surface area contributed by atoms with Gasteiger partial charge in [0, 0.05) is 32.5 Å². The van der Waals surface area contributed by atoms with Crippen molar-refractivity contribution in [1.29, 1.82) is 0 Å². The third-order valence-electron chi connectivity index (χ3n) is 2.69. The SMILES string of the molecule is [2H]C([2H])([2H])C([2H])(n1cc(C(F)(F)F)nc1-c1ccc(CN)cc1)C([2H])([2H])[2H]. The summed E-state index contributed by atoms with van der Waals surface area (Å²) in [5.74, 6) is -0.590. The molecule has 1 heterocycles. The van der Waals surface area contributed by atoms with E-state index in [0.29, 0.717) is 5.56 Å². The topological polar surface area (TPSA) is 43.8 Å². The van der Waals surface area contributed by atoms with Gasteiger partial charge in [0.25, 0.3) is 0 Å². The van der Waals surface area contributed by atoms with Crippen LogP contribution in [0.3, 0.4) is 0 Å². The maximum atomic E-state index is 13.2. The second kappa shape index (κ2) is 5.28. The van der Waals surface area contributed by atoms with Crippen LogP contribution in [0.2, 0.25) is 0 Å². The molecule has 3 nitrogen and oxygen atoms in total. The standard InChI is InChI=1S/C14H16F3N3/c1-9(2)20-8-12(14(15,16)17)19-13(20)11-5-3-10(7-18)4-6-11/h3-6,8-9H,7,18H2,1-2H3/i1D3,2D3,9D. The van der Waals surface area contributed by atoms with Crippen LogP contribution in [0.5, 0.6) is 0 Å². The van der Waals surface area contributed by atoms with E-state index in [1.165, 1.54) is 24.3 Å². The van der Waals surface area contributed by atoms with Gasteiger partial charge in [0.2, 0.25) is 0 Å². The minimum atomic E-state index is -4.96. The lowest BCUT2D eigenvalue weighted by atomic mass is 10.1. The fourth-order valence-corrected chi connectivity index (χ4v) is 1.68. The Morgan fingerprint density at radius 1 is 1.35 bits per heavy atom. The second-order valence-electron chi connectivity index (χ2n) is 4.07. The molecule has 6 heteroatoms. The normalized spacial score (nSPS) is 19.1. The molecule has 20 heavy (non-hydrogen) atoms. The van der Waals surface area contributed by atoms with Gasteiger partial charge in [-0.2, -0.15) is 13.2 Å². The molecule has 0 atom stereocenters. The molecule has 1 aromatic carbocycles. The maximum absolute atomic E-state index is 13.2. The Morgan fingerprint density at radius 3 is 2.50 bits per heavy atom. The summed E-state index contributed by atoms with van der Waals surface area (Å²) in [7, 11) is 0. The van der Waals surface area contributed by atoms with Crippen LogP contribution >= 0.6 is 0 Å². The Balaban J connectivity index is 2.82. The zero-order chi connectivity index (χ0) is 20.8. The van der Waals surface area contributed by atoms with E-state index in [2.05, 4.69) is 4.98 Å². The molecular formula is C14H16F3N3. The second-order valence-corrected chi connectivity index (χ2v) is 4.07. The molecule has 0 fully saturated rings. The minimum absolute atomic E-state index is 0.0211. The first-order valence-electron chi connectivity index (χ1n) is 9.09. The molecule has 1 aromatic heterocycles. The summed E-state index contributed by atoms with van der Waals surface area (Å²) in [5.41, 5.74) is 4.64. The zero-order valence-electron chi connectivity index (χ0n) is 17.2. The molecule has 2 rings (SSSR count). The van der Waals surface area contributed by atoms with E-state index in [1.807, 2.05) is 0 Å². The third-order valence-corrected chi connectivity index (χ3v) is 2.69.